The van der Waals surface area contributed by atoms with Gasteiger partial charge in [-0.25, -0.2) is 9.50 Å². The van der Waals surface area contributed by atoms with Crippen LogP contribution < -0.4 is 20.9 Å². The Balaban J connectivity index is 1.13. The zero-order valence-electron chi connectivity index (χ0n) is 24.8. The second kappa shape index (κ2) is 12.0. The number of benzene rings is 2. The Labute approximate surface area is 251 Å². The van der Waals surface area contributed by atoms with Crippen molar-refractivity contribution in [3.8, 4) is 0 Å². The molecule has 2 fully saturated rings. The van der Waals surface area contributed by atoms with Gasteiger partial charge in [-0.15, -0.1) is 5.10 Å². The van der Waals surface area contributed by atoms with Crippen LogP contribution in [0.2, 0.25) is 0 Å². The fraction of sp³-hybridized carbons (Fsp3) is 0.406. The summed E-state index contributed by atoms with van der Waals surface area (Å²) in [7, 11) is 0. The molecule has 11 nitrogen and oxygen atoms in total. The topological polar surface area (TPSA) is 126 Å². The van der Waals surface area contributed by atoms with Crippen molar-refractivity contribution in [2.75, 3.05) is 36.5 Å². The minimum absolute atomic E-state index is 0.0310. The van der Waals surface area contributed by atoms with Crippen molar-refractivity contribution >= 4 is 34.9 Å². The lowest BCUT2D eigenvalue weighted by molar-refractivity contribution is 0.0923. The number of nitrogens with one attached hydrogen (secondary N) is 3. The fourth-order valence-corrected chi connectivity index (χ4v) is 5.46. The van der Waals surface area contributed by atoms with Gasteiger partial charge in [0.2, 0.25) is 5.95 Å². The van der Waals surface area contributed by atoms with E-state index in [1.54, 1.807) is 29.0 Å². The van der Waals surface area contributed by atoms with Gasteiger partial charge >= 0.3 is 0 Å². The van der Waals surface area contributed by atoms with Crippen molar-refractivity contribution in [1.82, 2.24) is 30.2 Å². The van der Waals surface area contributed by atoms with E-state index < -0.39 is 0 Å². The number of carbonyl (C=O) groups is 2. The molecule has 3 N–H and O–H groups in total. The molecule has 2 amide bonds. The third-order valence-corrected chi connectivity index (χ3v) is 7.97. The van der Waals surface area contributed by atoms with Crippen molar-refractivity contribution in [2.45, 2.75) is 57.5 Å². The van der Waals surface area contributed by atoms with Gasteiger partial charge in [0.05, 0.1) is 12.6 Å². The van der Waals surface area contributed by atoms with Crippen LogP contribution >= 0.6 is 0 Å². The standard InChI is InChI=1S/C32H38N8O3/c1-32(2,3)23-10-6-21(7-11-23)29(41)35-25-5-4-16-39(19-25)31-37-27(28-33-15-17-40(28)38-31)34-24-12-8-22(9-13-24)30(42)36-26-14-18-43-20-26/h6-13,15,17,25-26H,4-5,14,16,18-20H2,1-3H3,(H,35,41)(H,36,42)(H,34,37,38)/t25-,26+/m1/s1. The lowest BCUT2D eigenvalue weighted by Gasteiger charge is -2.33. The molecule has 43 heavy (non-hydrogen) atoms. The predicted octanol–water partition coefficient (Wildman–Crippen LogP) is 4.08. The van der Waals surface area contributed by atoms with Gasteiger partial charge in [-0.1, -0.05) is 32.9 Å². The van der Waals surface area contributed by atoms with Gasteiger partial charge in [0.15, 0.2) is 11.5 Å². The molecule has 224 valence electrons. The summed E-state index contributed by atoms with van der Waals surface area (Å²) in [6, 6.07) is 15.1. The molecule has 2 aromatic heterocycles. The highest BCUT2D eigenvalue weighted by Gasteiger charge is 2.25. The quantitative estimate of drug-likeness (QED) is 0.298. The van der Waals surface area contributed by atoms with Gasteiger partial charge in [-0.3, -0.25) is 9.59 Å². The zero-order chi connectivity index (χ0) is 30.0. The number of aromatic nitrogens is 4. The summed E-state index contributed by atoms with van der Waals surface area (Å²) < 4.78 is 7.05. The first-order valence-corrected chi connectivity index (χ1v) is 14.9. The lowest BCUT2D eigenvalue weighted by atomic mass is 9.86. The summed E-state index contributed by atoms with van der Waals surface area (Å²) in [6.45, 7) is 9.09. The molecular weight excluding hydrogens is 544 g/mol. The molecule has 6 rings (SSSR count). The monoisotopic (exact) mass is 582 g/mol. The number of imidazole rings is 1. The lowest BCUT2D eigenvalue weighted by Crippen LogP contribution is -2.48. The molecule has 2 aromatic carbocycles. The molecule has 0 spiro atoms. The molecule has 11 heteroatoms. The smallest absolute Gasteiger partial charge is 0.251 e. The largest absolute Gasteiger partial charge is 0.379 e. The number of rotatable bonds is 7. The van der Waals surface area contributed by atoms with E-state index in [2.05, 4.69) is 46.6 Å². The van der Waals surface area contributed by atoms with Crippen molar-refractivity contribution in [3.63, 3.8) is 0 Å². The number of carbonyl (C=O) groups excluding carboxylic acids is 2. The second-order valence-corrected chi connectivity index (χ2v) is 12.3. The van der Waals surface area contributed by atoms with Crippen LogP contribution in [0.4, 0.5) is 17.5 Å². The van der Waals surface area contributed by atoms with Gasteiger partial charge in [0.25, 0.3) is 11.8 Å². The Kier molecular flexibility index (Phi) is 7.98. The molecule has 2 aliphatic rings. The van der Waals surface area contributed by atoms with Crippen LogP contribution in [0.25, 0.3) is 5.65 Å². The second-order valence-electron chi connectivity index (χ2n) is 12.3. The van der Waals surface area contributed by atoms with E-state index in [4.69, 9.17) is 14.8 Å². The van der Waals surface area contributed by atoms with E-state index in [0.717, 1.165) is 31.5 Å². The van der Waals surface area contributed by atoms with E-state index in [-0.39, 0.29) is 29.3 Å². The molecule has 4 aromatic rings. The highest BCUT2D eigenvalue weighted by Crippen LogP contribution is 2.25. The van der Waals surface area contributed by atoms with Crippen molar-refractivity contribution < 1.29 is 14.3 Å². The minimum atomic E-state index is -0.115. The Morgan fingerprint density at radius 2 is 1.63 bits per heavy atom. The predicted molar refractivity (Wildman–Crippen MR) is 165 cm³/mol. The average molecular weight is 583 g/mol. The molecule has 2 atom stereocenters. The number of piperidine rings is 1. The maximum Gasteiger partial charge on any atom is 0.251 e. The number of hydrogen-bond acceptors (Lipinski definition) is 8. The number of fused-ring (bicyclic) bond motifs is 1. The Bertz CT molecular complexity index is 1590. The van der Waals surface area contributed by atoms with Gasteiger partial charge in [0.1, 0.15) is 0 Å². The number of anilines is 3. The summed E-state index contributed by atoms with van der Waals surface area (Å²) in [6.07, 6.45) is 6.09. The summed E-state index contributed by atoms with van der Waals surface area (Å²) in [5, 5.41) is 14.3. The van der Waals surface area contributed by atoms with E-state index in [1.807, 2.05) is 36.4 Å². The van der Waals surface area contributed by atoms with Crippen LogP contribution in [0.15, 0.2) is 60.9 Å². The molecular formula is C32H38N8O3. The average Bonchev–Trinajstić information content (AvgIpc) is 3.70. The molecule has 4 heterocycles. The van der Waals surface area contributed by atoms with E-state index in [1.165, 1.54) is 5.56 Å². The minimum Gasteiger partial charge on any atom is -0.379 e. The van der Waals surface area contributed by atoms with Crippen molar-refractivity contribution in [1.29, 1.82) is 0 Å². The Morgan fingerprint density at radius 3 is 2.30 bits per heavy atom. The van der Waals surface area contributed by atoms with Crippen molar-refractivity contribution in [2.24, 2.45) is 0 Å². The highest BCUT2D eigenvalue weighted by molar-refractivity contribution is 5.95. The van der Waals surface area contributed by atoms with Crippen LogP contribution in [0.3, 0.4) is 0 Å². The van der Waals surface area contributed by atoms with Gasteiger partial charge in [0, 0.05) is 54.9 Å². The molecule has 0 saturated carbocycles. The summed E-state index contributed by atoms with van der Waals surface area (Å²) in [5.41, 5.74) is 3.83. The molecule has 0 bridgehead atoms. The first-order valence-electron chi connectivity index (χ1n) is 14.9. The maximum atomic E-state index is 13.1. The third kappa shape index (κ3) is 6.61. The fourth-order valence-electron chi connectivity index (χ4n) is 5.46. The van der Waals surface area contributed by atoms with Crippen LogP contribution in [0.1, 0.15) is 66.3 Å². The summed E-state index contributed by atoms with van der Waals surface area (Å²) in [5.74, 6) is 0.918. The van der Waals surface area contributed by atoms with E-state index in [9.17, 15) is 9.59 Å². The van der Waals surface area contributed by atoms with Crippen molar-refractivity contribution in [3.05, 3.63) is 77.6 Å². The molecule has 2 aliphatic heterocycles. The van der Waals surface area contributed by atoms with Crippen LogP contribution in [-0.2, 0) is 10.2 Å². The summed E-state index contributed by atoms with van der Waals surface area (Å²) >= 11 is 0. The zero-order valence-corrected chi connectivity index (χ0v) is 24.8. The first-order chi connectivity index (χ1) is 20.7. The molecule has 0 aliphatic carbocycles. The van der Waals surface area contributed by atoms with Gasteiger partial charge in [-0.05, 0) is 66.6 Å². The number of amides is 2. The number of hydrogen-bond donors (Lipinski definition) is 3. The Hall–Kier alpha value is -4.51. The first kappa shape index (κ1) is 28.6. The number of nitrogens with zero attached hydrogens (tertiary/aromatic N) is 5. The van der Waals surface area contributed by atoms with Gasteiger partial charge < -0.3 is 25.6 Å². The Morgan fingerprint density at radius 1 is 0.930 bits per heavy atom. The summed E-state index contributed by atoms with van der Waals surface area (Å²) in [4.78, 5) is 37.0. The highest BCUT2D eigenvalue weighted by atomic mass is 16.5. The molecule has 2 saturated heterocycles. The van der Waals surface area contributed by atoms with Crippen LogP contribution in [0, 0.1) is 0 Å². The van der Waals surface area contributed by atoms with Gasteiger partial charge in [-0.2, -0.15) is 4.98 Å². The number of ether oxygens (including phenoxy) is 1. The normalized spacial score (nSPS) is 18.9. The SMILES string of the molecule is CC(C)(C)c1ccc(C(=O)N[C@@H]2CCCN(c3nc(Nc4ccc(C(=O)N[C@H]5CCOC5)cc4)c4nccn4n3)C2)cc1. The van der Waals surface area contributed by atoms with Crippen LogP contribution in [0.5, 0.6) is 0 Å². The molecule has 0 unspecified atom stereocenters. The maximum absolute atomic E-state index is 13.1. The third-order valence-electron chi connectivity index (χ3n) is 7.97. The van der Waals surface area contributed by atoms with E-state index in [0.29, 0.717) is 48.3 Å². The molecule has 0 radical (unpaired) electrons. The van der Waals surface area contributed by atoms with E-state index >= 15 is 0 Å². The van der Waals surface area contributed by atoms with Crippen LogP contribution in [-0.4, -0.2) is 69.8 Å².